The summed E-state index contributed by atoms with van der Waals surface area (Å²) in [4.78, 5) is 16.0. The predicted octanol–water partition coefficient (Wildman–Crippen LogP) is -0.150. The molecule has 0 aliphatic rings. The van der Waals surface area contributed by atoms with Crippen LogP contribution in [0.2, 0.25) is 0 Å². The van der Waals surface area contributed by atoms with Crippen LogP contribution in [-0.4, -0.2) is 38.2 Å². The second-order valence-corrected chi connectivity index (χ2v) is 3.64. The molecule has 0 spiro atoms. The Balaban J connectivity index is 1.94. The standard InChI is InChI=1S/C10H15N7O/c1-17-6-5-12-7(17)3-4-13-9-14-8(11)15-10(16-9)18-2/h5-6H,3-4H2,1-2H3,(H3,11,13,14,15,16). The molecule has 0 aromatic carbocycles. The van der Waals surface area contributed by atoms with Gasteiger partial charge in [0.05, 0.1) is 7.11 Å². The lowest BCUT2D eigenvalue weighted by Crippen LogP contribution is -2.12. The van der Waals surface area contributed by atoms with Crippen LogP contribution in [0.3, 0.4) is 0 Å². The van der Waals surface area contributed by atoms with Gasteiger partial charge < -0.3 is 20.4 Å². The van der Waals surface area contributed by atoms with Crippen LogP contribution < -0.4 is 15.8 Å². The van der Waals surface area contributed by atoms with Crippen LogP contribution in [-0.2, 0) is 13.5 Å². The van der Waals surface area contributed by atoms with Gasteiger partial charge in [-0.1, -0.05) is 0 Å². The van der Waals surface area contributed by atoms with E-state index in [4.69, 9.17) is 10.5 Å². The highest BCUT2D eigenvalue weighted by molar-refractivity contribution is 5.32. The van der Waals surface area contributed by atoms with Crippen molar-refractivity contribution in [3.8, 4) is 6.01 Å². The van der Waals surface area contributed by atoms with E-state index in [0.717, 1.165) is 12.2 Å². The summed E-state index contributed by atoms with van der Waals surface area (Å²) >= 11 is 0. The molecule has 3 N–H and O–H groups in total. The maximum Gasteiger partial charge on any atom is 0.322 e. The summed E-state index contributed by atoms with van der Waals surface area (Å²) in [7, 11) is 3.43. The van der Waals surface area contributed by atoms with Gasteiger partial charge in [-0.3, -0.25) is 0 Å². The number of nitrogens with two attached hydrogens (primary N) is 1. The molecule has 0 amide bonds. The van der Waals surface area contributed by atoms with Crippen molar-refractivity contribution in [1.82, 2.24) is 24.5 Å². The Hall–Kier alpha value is -2.38. The molecule has 0 atom stereocenters. The number of rotatable bonds is 5. The van der Waals surface area contributed by atoms with Crippen molar-refractivity contribution in [3.05, 3.63) is 18.2 Å². The highest BCUT2D eigenvalue weighted by Crippen LogP contribution is 2.08. The quantitative estimate of drug-likeness (QED) is 0.759. The molecule has 0 fully saturated rings. The molecule has 96 valence electrons. The van der Waals surface area contributed by atoms with Gasteiger partial charge in [0.2, 0.25) is 11.9 Å². The van der Waals surface area contributed by atoms with Crippen molar-refractivity contribution in [2.75, 3.05) is 24.7 Å². The molecule has 0 aliphatic carbocycles. The molecule has 2 heterocycles. The first-order chi connectivity index (χ1) is 8.69. The van der Waals surface area contributed by atoms with Crippen LogP contribution in [0.15, 0.2) is 12.4 Å². The van der Waals surface area contributed by atoms with E-state index in [2.05, 4.69) is 25.3 Å². The zero-order valence-electron chi connectivity index (χ0n) is 10.3. The number of nitrogens with zero attached hydrogens (tertiary/aromatic N) is 5. The van der Waals surface area contributed by atoms with E-state index in [9.17, 15) is 0 Å². The van der Waals surface area contributed by atoms with Gasteiger partial charge in [0.15, 0.2) is 0 Å². The van der Waals surface area contributed by atoms with Crippen LogP contribution >= 0.6 is 0 Å². The number of ether oxygens (including phenoxy) is 1. The van der Waals surface area contributed by atoms with E-state index in [1.165, 1.54) is 7.11 Å². The number of imidazole rings is 1. The van der Waals surface area contributed by atoms with Gasteiger partial charge in [-0.15, -0.1) is 0 Å². The normalized spacial score (nSPS) is 10.3. The van der Waals surface area contributed by atoms with Crippen LogP contribution in [0.5, 0.6) is 6.01 Å². The summed E-state index contributed by atoms with van der Waals surface area (Å²) in [5.41, 5.74) is 5.53. The van der Waals surface area contributed by atoms with E-state index in [1.807, 2.05) is 17.8 Å². The number of nitrogen functional groups attached to an aromatic ring is 1. The fourth-order valence-corrected chi connectivity index (χ4v) is 1.47. The number of anilines is 2. The molecular weight excluding hydrogens is 234 g/mol. The third-order valence-corrected chi connectivity index (χ3v) is 2.37. The number of aryl methyl sites for hydroxylation is 1. The van der Waals surface area contributed by atoms with Crippen molar-refractivity contribution in [2.45, 2.75) is 6.42 Å². The number of nitrogens with one attached hydrogen (secondary N) is 1. The first-order valence-electron chi connectivity index (χ1n) is 5.44. The summed E-state index contributed by atoms with van der Waals surface area (Å²) in [5.74, 6) is 1.51. The SMILES string of the molecule is COc1nc(N)nc(NCCc2nccn2C)n1. The maximum atomic E-state index is 5.53. The van der Waals surface area contributed by atoms with Crippen LogP contribution in [0.4, 0.5) is 11.9 Å². The molecule has 0 saturated carbocycles. The highest BCUT2D eigenvalue weighted by atomic mass is 16.5. The Morgan fingerprint density at radius 3 is 2.89 bits per heavy atom. The molecule has 0 bridgehead atoms. The lowest BCUT2D eigenvalue weighted by molar-refractivity contribution is 0.379. The van der Waals surface area contributed by atoms with Gasteiger partial charge in [0, 0.05) is 32.4 Å². The minimum atomic E-state index is 0.126. The summed E-state index contributed by atoms with van der Waals surface area (Å²) < 4.78 is 6.87. The fourth-order valence-electron chi connectivity index (χ4n) is 1.47. The van der Waals surface area contributed by atoms with E-state index >= 15 is 0 Å². The van der Waals surface area contributed by atoms with Crippen LogP contribution in [0.25, 0.3) is 0 Å². The van der Waals surface area contributed by atoms with Crippen LogP contribution in [0.1, 0.15) is 5.82 Å². The minimum Gasteiger partial charge on any atom is -0.467 e. The lowest BCUT2D eigenvalue weighted by atomic mass is 10.4. The Morgan fingerprint density at radius 2 is 2.22 bits per heavy atom. The van der Waals surface area contributed by atoms with Crippen molar-refractivity contribution in [2.24, 2.45) is 7.05 Å². The van der Waals surface area contributed by atoms with Crippen molar-refractivity contribution < 1.29 is 4.74 Å². The molecule has 2 aromatic rings. The largest absolute Gasteiger partial charge is 0.467 e. The van der Waals surface area contributed by atoms with Crippen molar-refractivity contribution in [1.29, 1.82) is 0 Å². The lowest BCUT2D eigenvalue weighted by Gasteiger charge is -2.06. The smallest absolute Gasteiger partial charge is 0.322 e. The van der Waals surface area contributed by atoms with E-state index < -0.39 is 0 Å². The van der Waals surface area contributed by atoms with Crippen molar-refractivity contribution in [3.63, 3.8) is 0 Å². The third kappa shape index (κ3) is 2.84. The summed E-state index contributed by atoms with van der Waals surface area (Å²) in [6.45, 7) is 0.650. The first-order valence-corrected chi connectivity index (χ1v) is 5.44. The predicted molar refractivity (Wildman–Crippen MR) is 66.2 cm³/mol. The topological polar surface area (TPSA) is 104 Å². The Bertz CT molecular complexity index is 525. The van der Waals surface area contributed by atoms with Crippen molar-refractivity contribution >= 4 is 11.9 Å². The van der Waals surface area contributed by atoms with E-state index in [1.54, 1.807) is 6.20 Å². The number of aromatic nitrogens is 5. The maximum absolute atomic E-state index is 5.53. The first kappa shape index (κ1) is 12.1. The number of methoxy groups -OCH3 is 1. The molecule has 0 radical (unpaired) electrons. The van der Waals surface area contributed by atoms with Gasteiger partial charge in [-0.25, -0.2) is 4.98 Å². The molecule has 0 aliphatic heterocycles. The molecule has 18 heavy (non-hydrogen) atoms. The molecule has 0 saturated heterocycles. The summed E-state index contributed by atoms with van der Waals surface area (Å²) in [6.07, 6.45) is 4.43. The van der Waals surface area contributed by atoms with Gasteiger partial charge >= 0.3 is 6.01 Å². The fraction of sp³-hybridized carbons (Fsp3) is 0.400. The summed E-state index contributed by atoms with van der Waals surface area (Å²) in [6, 6.07) is 0.196. The monoisotopic (exact) mass is 249 g/mol. The Labute approximate surface area is 104 Å². The molecule has 2 rings (SSSR count). The zero-order valence-corrected chi connectivity index (χ0v) is 10.3. The second-order valence-electron chi connectivity index (χ2n) is 3.64. The highest BCUT2D eigenvalue weighted by Gasteiger charge is 2.04. The number of hydrogen-bond acceptors (Lipinski definition) is 7. The van der Waals surface area contributed by atoms with E-state index in [-0.39, 0.29) is 12.0 Å². The van der Waals surface area contributed by atoms with Crippen LogP contribution in [0, 0.1) is 0 Å². The third-order valence-electron chi connectivity index (χ3n) is 2.37. The molecule has 8 nitrogen and oxygen atoms in total. The average Bonchev–Trinajstić information content (AvgIpc) is 2.74. The zero-order chi connectivity index (χ0) is 13.0. The second kappa shape index (κ2) is 5.30. The molecule has 8 heteroatoms. The van der Waals surface area contributed by atoms with E-state index in [0.29, 0.717) is 12.5 Å². The van der Waals surface area contributed by atoms with Gasteiger partial charge in [0.1, 0.15) is 5.82 Å². The molecule has 0 unspecified atom stereocenters. The number of hydrogen-bond donors (Lipinski definition) is 2. The average molecular weight is 249 g/mol. The minimum absolute atomic E-state index is 0.126. The Morgan fingerprint density at radius 1 is 1.39 bits per heavy atom. The molecular formula is C10H15N7O. The summed E-state index contributed by atoms with van der Waals surface area (Å²) in [5, 5.41) is 3.05. The molecule has 2 aromatic heterocycles. The van der Waals surface area contributed by atoms with Gasteiger partial charge in [-0.05, 0) is 0 Å². The van der Waals surface area contributed by atoms with Gasteiger partial charge in [-0.2, -0.15) is 15.0 Å². The Kier molecular flexibility index (Phi) is 3.56. The van der Waals surface area contributed by atoms with Gasteiger partial charge in [0.25, 0.3) is 0 Å².